The summed E-state index contributed by atoms with van der Waals surface area (Å²) in [6.07, 6.45) is 27.0. The summed E-state index contributed by atoms with van der Waals surface area (Å²) in [6.45, 7) is 7.44. The number of allylic oxidation sites excluding steroid dienone is 13. The molecule has 1 aliphatic heterocycles. The van der Waals surface area contributed by atoms with E-state index in [0.29, 0.717) is 6.61 Å². The Hall–Kier alpha value is -6.25. The van der Waals surface area contributed by atoms with Crippen molar-refractivity contribution in [1.82, 2.24) is 4.58 Å². The lowest BCUT2D eigenvalue weighted by Crippen LogP contribution is -2.29. The molecular weight excluding hydrogens is 679 g/mol. The predicted molar refractivity (Wildman–Crippen MR) is 234 cm³/mol. The van der Waals surface area contributed by atoms with Gasteiger partial charge in [0.05, 0.1) is 17.0 Å². The first-order chi connectivity index (χ1) is 27.5. The second-order valence-electron chi connectivity index (χ2n) is 16.4. The van der Waals surface area contributed by atoms with Gasteiger partial charge >= 0.3 is 0 Å². The van der Waals surface area contributed by atoms with E-state index in [9.17, 15) is 0 Å². The van der Waals surface area contributed by atoms with Gasteiger partial charge in [0, 0.05) is 40.2 Å². The molecule has 11 rings (SSSR count). The van der Waals surface area contributed by atoms with Crippen molar-refractivity contribution in [3.63, 3.8) is 0 Å². The van der Waals surface area contributed by atoms with Crippen molar-refractivity contribution in [3.8, 4) is 16.9 Å². The van der Waals surface area contributed by atoms with Crippen molar-refractivity contribution in [2.45, 2.75) is 44.4 Å². The maximum absolute atomic E-state index is 6.42. The largest absolute Gasteiger partial charge is 0.488 e. The molecule has 1 spiro atoms. The molecule has 0 radical (unpaired) electrons. The topological polar surface area (TPSA) is 12.2 Å². The second-order valence-corrected chi connectivity index (χ2v) is 16.4. The van der Waals surface area contributed by atoms with E-state index in [1.807, 2.05) is 0 Å². The van der Waals surface area contributed by atoms with Gasteiger partial charge in [0.25, 0.3) is 0 Å². The normalized spacial score (nSPS) is 22.4. The van der Waals surface area contributed by atoms with Crippen LogP contribution in [0.4, 0.5) is 11.4 Å². The van der Waals surface area contributed by atoms with Gasteiger partial charge < -0.3 is 4.74 Å². The number of ether oxygens (including phenoxy) is 1. The van der Waals surface area contributed by atoms with Gasteiger partial charge in [-0.15, -0.1) is 0 Å². The average Bonchev–Trinajstić information content (AvgIpc) is 3.86. The predicted octanol–water partition coefficient (Wildman–Crippen LogP) is 12.8. The molecule has 0 saturated heterocycles. The van der Waals surface area contributed by atoms with Crippen LogP contribution in [0.5, 0.6) is 5.75 Å². The quantitative estimate of drug-likeness (QED) is 0.133. The molecule has 0 amide bonds. The fourth-order valence-electron chi connectivity index (χ4n) is 10.9. The van der Waals surface area contributed by atoms with Gasteiger partial charge in [-0.25, -0.2) is 0 Å². The van der Waals surface area contributed by atoms with Crippen molar-refractivity contribution in [2.75, 3.05) is 6.61 Å². The molecule has 2 unspecified atom stereocenters. The second kappa shape index (κ2) is 12.4. The van der Waals surface area contributed by atoms with Crippen LogP contribution in [0.25, 0.3) is 27.8 Å². The summed E-state index contributed by atoms with van der Waals surface area (Å²) in [7, 11) is 0. The minimum absolute atomic E-state index is 0.0659. The van der Waals surface area contributed by atoms with Gasteiger partial charge in [0.2, 0.25) is 11.4 Å². The van der Waals surface area contributed by atoms with E-state index in [1.54, 1.807) is 0 Å². The van der Waals surface area contributed by atoms with Crippen LogP contribution in [-0.2, 0) is 10.8 Å². The molecule has 5 aromatic rings. The highest BCUT2D eigenvalue weighted by molar-refractivity contribution is 6.02. The molecule has 0 aromatic heterocycles. The van der Waals surface area contributed by atoms with E-state index >= 15 is 0 Å². The van der Waals surface area contributed by atoms with Gasteiger partial charge in [-0.1, -0.05) is 147 Å². The van der Waals surface area contributed by atoms with Crippen LogP contribution in [0.3, 0.4) is 0 Å². The average molecular weight is 723 g/mol. The number of hydrogen-bond acceptors (Lipinski definition) is 1. The van der Waals surface area contributed by atoms with Gasteiger partial charge in [-0.2, -0.15) is 4.58 Å². The van der Waals surface area contributed by atoms with Crippen molar-refractivity contribution in [3.05, 3.63) is 214 Å². The summed E-state index contributed by atoms with van der Waals surface area (Å²) in [5.41, 5.74) is 20.6. The maximum Gasteiger partial charge on any atom is 0.219 e. The smallest absolute Gasteiger partial charge is 0.219 e. The molecule has 1 heterocycles. The Morgan fingerprint density at radius 3 is 2.43 bits per heavy atom. The number of benzene rings is 5. The Balaban J connectivity index is 1.22. The first-order valence-electron chi connectivity index (χ1n) is 20.2. The Bertz CT molecular complexity index is 2790. The Morgan fingerprint density at radius 1 is 0.768 bits per heavy atom. The minimum atomic E-state index is -0.375. The Kier molecular flexibility index (Phi) is 7.32. The molecule has 2 nitrogen and oxygen atoms in total. The summed E-state index contributed by atoms with van der Waals surface area (Å²) >= 11 is 0. The standard InChI is InChI=1S/C54H44NO/c1-4-5-17-36-34-56-50-32-37(30-31-38(36)50)55(49-29-16-28-48-51(49)43-22-7-6-8-24-44(43)53(48,2)3)33-35-18-15-23-42-41-21-11-14-27-47(41)54(52(35)42)45-25-12-9-19-39(45)40-20-10-13-26-46(40)54/h4-12,14-25,27-33,44H,13,26,34H2,1-3H3/q+1/b5-4-,36-17+,55-33?. The number of fused-ring (bicyclic) bond motifs is 13. The van der Waals surface area contributed by atoms with E-state index < -0.39 is 0 Å². The third-order valence-electron chi connectivity index (χ3n) is 13.3. The summed E-state index contributed by atoms with van der Waals surface area (Å²) in [4.78, 5) is 0. The fraction of sp³-hybridized carbons (Fsp3) is 0.167. The first kappa shape index (κ1) is 33.1. The van der Waals surface area contributed by atoms with Crippen LogP contribution < -0.4 is 9.31 Å². The van der Waals surface area contributed by atoms with Crippen LogP contribution in [0.1, 0.15) is 78.1 Å². The minimum Gasteiger partial charge on any atom is -0.488 e. The van der Waals surface area contributed by atoms with Crippen LogP contribution in [0, 0.1) is 5.92 Å². The van der Waals surface area contributed by atoms with Crippen molar-refractivity contribution in [1.29, 1.82) is 0 Å². The zero-order valence-corrected chi connectivity index (χ0v) is 32.2. The van der Waals surface area contributed by atoms with Crippen LogP contribution in [-0.4, -0.2) is 12.8 Å². The van der Waals surface area contributed by atoms with Crippen LogP contribution in [0.2, 0.25) is 0 Å². The molecule has 6 aliphatic rings. The van der Waals surface area contributed by atoms with Gasteiger partial charge in [-0.3, -0.25) is 0 Å². The number of rotatable bonds is 4. The molecule has 0 saturated carbocycles. The highest BCUT2D eigenvalue weighted by Gasteiger charge is 2.54. The summed E-state index contributed by atoms with van der Waals surface area (Å²) in [5, 5.41) is 0. The van der Waals surface area contributed by atoms with E-state index in [1.165, 1.54) is 78.1 Å². The molecule has 0 fully saturated rings. The summed E-state index contributed by atoms with van der Waals surface area (Å²) in [6, 6.07) is 39.1. The monoisotopic (exact) mass is 722 g/mol. The third-order valence-corrected chi connectivity index (χ3v) is 13.3. The van der Waals surface area contributed by atoms with E-state index in [4.69, 9.17) is 4.74 Å². The Morgan fingerprint density at radius 2 is 1.55 bits per heavy atom. The maximum atomic E-state index is 6.42. The molecule has 0 N–H and O–H groups in total. The molecule has 56 heavy (non-hydrogen) atoms. The van der Waals surface area contributed by atoms with E-state index in [0.717, 1.165) is 29.8 Å². The van der Waals surface area contributed by atoms with Gasteiger partial charge in [-0.05, 0) is 87.6 Å². The zero-order chi connectivity index (χ0) is 37.6. The summed E-state index contributed by atoms with van der Waals surface area (Å²) < 4.78 is 8.89. The fourth-order valence-corrected chi connectivity index (χ4v) is 10.9. The molecule has 5 aromatic carbocycles. The molecular formula is C54H44NO+. The molecule has 2 heteroatoms. The van der Waals surface area contributed by atoms with Crippen molar-refractivity contribution < 1.29 is 4.74 Å². The van der Waals surface area contributed by atoms with Crippen LogP contribution in [0.15, 0.2) is 169 Å². The third kappa shape index (κ3) is 4.47. The van der Waals surface area contributed by atoms with E-state index in [2.05, 4.69) is 195 Å². The van der Waals surface area contributed by atoms with Gasteiger partial charge in [0.15, 0.2) is 6.21 Å². The van der Waals surface area contributed by atoms with Crippen molar-refractivity contribution in [2.24, 2.45) is 5.92 Å². The first-order valence-corrected chi connectivity index (χ1v) is 20.2. The van der Waals surface area contributed by atoms with E-state index in [-0.39, 0.29) is 16.7 Å². The summed E-state index contributed by atoms with van der Waals surface area (Å²) in [5.74, 6) is 1.20. The highest BCUT2D eigenvalue weighted by atomic mass is 16.5. The molecule has 5 aliphatic carbocycles. The van der Waals surface area contributed by atoms with Crippen molar-refractivity contribution >= 4 is 34.3 Å². The lowest BCUT2D eigenvalue weighted by atomic mass is 9.67. The zero-order valence-electron chi connectivity index (χ0n) is 32.2. The van der Waals surface area contributed by atoms with Gasteiger partial charge in [0.1, 0.15) is 12.4 Å². The lowest BCUT2D eigenvalue weighted by Gasteiger charge is -2.34. The molecule has 270 valence electrons. The Labute approximate surface area is 330 Å². The number of hydrogen-bond donors (Lipinski definition) is 0. The van der Waals surface area contributed by atoms with Crippen LogP contribution >= 0.6 is 0 Å². The molecule has 2 atom stereocenters. The lowest BCUT2D eigenvalue weighted by molar-refractivity contribution is 0.388. The highest BCUT2D eigenvalue weighted by Crippen LogP contribution is 2.64. The SMILES string of the molecule is C/C=C\C=C1/COc2cc([N+](=Cc3cccc4c3C3(C5=C(C=CCC5)c5ccccc53)c3ccccc3-4)c3cccc4c3C3=CC=CC=CC3C4(C)C)ccc21. The number of nitrogens with zero attached hydrogens (tertiary/aromatic N) is 1. The molecule has 0 bridgehead atoms.